The number of nitrogens with one attached hydrogen (secondary N) is 2. The van der Waals surface area contributed by atoms with Crippen molar-refractivity contribution in [2.75, 3.05) is 19.6 Å². The molecule has 0 aliphatic carbocycles. The van der Waals surface area contributed by atoms with Gasteiger partial charge in [-0.25, -0.2) is 4.72 Å². The van der Waals surface area contributed by atoms with Gasteiger partial charge in [0.25, 0.3) is 10.2 Å². The predicted molar refractivity (Wildman–Crippen MR) is 79.2 cm³/mol. The minimum atomic E-state index is -3.37. The number of rotatable bonds is 7. The zero-order chi connectivity index (χ0) is 14.5. The van der Waals surface area contributed by atoms with E-state index in [1.54, 1.807) is 4.31 Å². The summed E-state index contributed by atoms with van der Waals surface area (Å²) >= 11 is 0. The van der Waals surface area contributed by atoms with Crippen molar-refractivity contribution in [3.05, 3.63) is 0 Å². The molecule has 0 aromatic rings. The Hall–Kier alpha value is -0.170. The van der Waals surface area contributed by atoms with Gasteiger partial charge in [-0.15, -0.1) is 0 Å². The maximum atomic E-state index is 12.3. The number of hydrogen-bond acceptors (Lipinski definition) is 3. The summed E-state index contributed by atoms with van der Waals surface area (Å²) in [5.74, 6) is 0.316. The predicted octanol–water partition coefficient (Wildman–Crippen LogP) is 1.33. The second-order valence-electron chi connectivity index (χ2n) is 6.06. The van der Waals surface area contributed by atoms with Crippen LogP contribution in [0.1, 0.15) is 47.0 Å². The number of nitrogens with zero attached hydrogens (tertiary/aromatic N) is 1. The molecule has 1 saturated heterocycles. The van der Waals surface area contributed by atoms with Crippen LogP contribution in [0.25, 0.3) is 0 Å². The maximum absolute atomic E-state index is 12.3. The van der Waals surface area contributed by atoms with Crippen molar-refractivity contribution in [2.45, 2.75) is 59.0 Å². The molecule has 2 N–H and O–H groups in total. The van der Waals surface area contributed by atoms with E-state index in [1.165, 1.54) is 12.8 Å². The molecule has 114 valence electrons. The first-order chi connectivity index (χ1) is 8.83. The van der Waals surface area contributed by atoms with Crippen LogP contribution in [0.2, 0.25) is 0 Å². The van der Waals surface area contributed by atoms with Crippen LogP contribution in [0.3, 0.4) is 0 Å². The zero-order valence-electron chi connectivity index (χ0n) is 12.6. The van der Waals surface area contributed by atoms with Crippen LogP contribution < -0.4 is 10.0 Å². The Morgan fingerprint density at radius 1 is 1.26 bits per heavy atom. The monoisotopic (exact) mass is 291 g/mol. The third-order valence-electron chi connectivity index (χ3n) is 3.37. The average molecular weight is 291 g/mol. The SMILES string of the molecule is CC(C)CNS(=O)(=O)N(CC1CCCCN1)C(C)C. The first-order valence-corrected chi connectivity index (χ1v) is 8.76. The van der Waals surface area contributed by atoms with Crippen LogP contribution in [0.4, 0.5) is 0 Å². The van der Waals surface area contributed by atoms with Crippen LogP contribution in [0, 0.1) is 5.92 Å². The van der Waals surface area contributed by atoms with Crippen LogP contribution in [-0.4, -0.2) is 44.4 Å². The molecule has 1 aliphatic heterocycles. The van der Waals surface area contributed by atoms with Gasteiger partial charge in [0.15, 0.2) is 0 Å². The lowest BCUT2D eigenvalue weighted by Crippen LogP contribution is -2.52. The fourth-order valence-electron chi connectivity index (χ4n) is 2.24. The van der Waals surface area contributed by atoms with Gasteiger partial charge in [-0.1, -0.05) is 20.3 Å². The summed E-state index contributed by atoms with van der Waals surface area (Å²) < 4.78 is 29.0. The van der Waals surface area contributed by atoms with Crippen LogP contribution in [0.15, 0.2) is 0 Å². The third-order valence-corrected chi connectivity index (χ3v) is 5.09. The van der Waals surface area contributed by atoms with E-state index in [2.05, 4.69) is 10.0 Å². The van der Waals surface area contributed by atoms with Crippen LogP contribution >= 0.6 is 0 Å². The Balaban J connectivity index is 2.64. The molecule has 0 bridgehead atoms. The van der Waals surface area contributed by atoms with Crippen molar-refractivity contribution in [3.8, 4) is 0 Å². The third kappa shape index (κ3) is 5.77. The summed E-state index contributed by atoms with van der Waals surface area (Å²) in [6.45, 7) is 9.91. The van der Waals surface area contributed by atoms with Crippen molar-refractivity contribution in [3.63, 3.8) is 0 Å². The van der Waals surface area contributed by atoms with Gasteiger partial charge in [-0.3, -0.25) is 0 Å². The molecule has 1 heterocycles. The van der Waals surface area contributed by atoms with Gasteiger partial charge < -0.3 is 5.32 Å². The molecule has 1 fully saturated rings. The standard InChI is InChI=1S/C13H29N3O2S/c1-11(2)9-15-19(17,18)16(12(3)4)10-13-7-5-6-8-14-13/h11-15H,5-10H2,1-4H3. The lowest BCUT2D eigenvalue weighted by molar-refractivity contribution is 0.279. The Morgan fingerprint density at radius 2 is 1.95 bits per heavy atom. The van der Waals surface area contributed by atoms with Crippen molar-refractivity contribution >= 4 is 10.2 Å². The lowest BCUT2D eigenvalue weighted by Gasteiger charge is -2.32. The Morgan fingerprint density at radius 3 is 2.42 bits per heavy atom. The van der Waals surface area contributed by atoms with Gasteiger partial charge in [0.1, 0.15) is 0 Å². The first kappa shape index (κ1) is 16.9. The summed E-state index contributed by atoms with van der Waals surface area (Å²) in [7, 11) is -3.37. The molecule has 0 amide bonds. The summed E-state index contributed by atoms with van der Waals surface area (Å²) in [5, 5.41) is 3.41. The maximum Gasteiger partial charge on any atom is 0.279 e. The zero-order valence-corrected chi connectivity index (χ0v) is 13.5. The highest BCUT2D eigenvalue weighted by Gasteiger charge is 2.28. The molecule has 6 heteroatoms. The van der Waals surface area contributed by atoms with Gasteiger partial charge in [-0.2, -0.15) is 12.7 Å². The molecule has 0 spiro atoms. The Kier molecular flexibility index (Phi) is 6.73. The Bertz CT molecular complexity index is 349. The van der Waals surface area contributed by atoms with Crippen molar-refractivity contribution in [2.24, 2.45) is 5.92 Å². The largest absolute Gasteiger partial charge is 0.313 e. The van der Waals surface area contributed by atoms with Gasteiger partial charge in [0.05, 0.1) is 0 Å². The molecule has 1 atom stereocenters. The highest BCUT2D eigenvalue weighted by Crippen LogP contribution is 2.13. The van der Waals surface area contributed by atoms with Crippen LogP contribution in [0.5, 0.6) is 0 Å². The molecule has 0 aromatic heterocycles. The summed E-state index contributed by atoms with van der Waals surface area (Å²) in [5.41, 5.74) is 0. The van der Waals surface area contributed by atoms with Gasteiger partial charge in [0.2, 0.25) is 0 Å². The van der Waals surface area contributed by atoms with E-state index in [1.807, 2.05) is 27.7 Å². The van der Waals surface area contributed by atoms with Gasteiger partial charge in [0, 0.05) is 25.2 Å². The van der Waals surface area contributed by atoms with E-state index in [0.29, 0.717) is 19.0 Å². The normalized spacial score (nSPS) is 21.5. The fraction of sp³-hybridized carbons (Fsp3) is 1.00. The smallest absolute Gasteiger partial charge is 0.279 e. The highest BCUT2D eigenvalue weighted by atomic mass is 32.2. The van der Waals surface area contributed by atoms with E-state index in [4.69, 9.17) is 0 Å². The fourth-order valence-corrected chi connectivity index (χ4v) is 3.88. The molecular weight excluding hydrogens is 262 g/mol. The van der Waals surface area contributed by atoms with E-state index < -0.39 is 10.2 Å². The first-order valence-electron chi connectivity index (χ1n) is 7.32. The highest BCUT2D eigenvalue weighted by molar-refractivity contribution is 7.87. The molecule has 1 aliphatic rings. The lowest BCUT2D eigenvalue weighted by atomic mass is 10.1. The summed E-state index contributed by atoms with van der Waals surface area (Å²) in [4.78, 5) is 0. The quantitative estimate of drug-likeness (QED) is 0.744. The van der Waals surface area contributed by atoms with Crippen molar-refractivity contribution in [1.29, 1.82) is 0 Å². The molecule has 5 nitrogen and oxygen atoms in total. The van der Waals surface area contributed by atoms with E-state index >= 15 is 0 Å². The number of piperidine rings is 1. The van der Waals surface area contributed by atoms with Crippen LogP contribution in [-0.2, 0) is 10.2 Å². The minimum absolute atomic E-state index is 0.0200. The molecule has 19 heavy (non-hydrogen) atoms. The number of hydrogen-bond donors (Lipinski definition) is 2. The van der Waals surface area contributed by atoms with Crippen molar-refractivity contribution < 1.29 is 8.42 Å². The summed E-state index contributed by atoms with van der Waals surface area (Å²) in [6.07, 6.45) is 3.43. The van der Waals surface area contributed by atoms with Crippen molar-refractivity contribution in [1.82, 2.24) is 14.3 Å². The van der Waals surface area contributed by atoms with Gasteiger partial charge >= 0.3 is 0 Å². The minimum Gasteiger partial charge on any atom is -0.313 e. The Labute approximate surface area is 118 Å². The van der Waals surface area contributed by atoms with E-state index in [9.17, 15) is 8.42 Å². The van der Waals surface area contributed by atoms with Gasteiger partial charge in [-0.05, 0) is 39.2 Å². The average Bonchev–Trinajstić information content (AvgIpc) is 2.34. The second-order valence-corrected chi connectivity index (χ2v) is 7.77. The topological polar surface area (TPSA) is 61.4 Å². The van der Waals surface area contributed by atoms with E-state index in [-0.39, 0.29) is 12.1 Å². The molecular formula is C13H29N3O2S. The molecule has 0 saturated carbocycles. The molecule has 0 aromatic carbocycles. The molecule has 1 rings (SSSR count). The second kappa shape index (κ2) is 7.57. The van der Waals surface area contributed by atoms with E-state index in [0.717, 1.165) is 13.0 Å². The molecule has 1 unspecified atom stereocenters. The summed E-state index contributed by atoms with van der Waals surface area (Å²) in [6, 6.07) is 0.264. The molecule has 0 radical (unpaired) electrons.